The maximum Gasteiger partial charge on any atom is 0.161 e. The van der Waals surface area contributed by atoms with Crippen molar-refractivity contribution in [1.29, 1.82) is 0 Å². The molecule has 0 spiro atoms. The van der Waals surface area contributed by atoms with Gasteiger partial charge in [0, 0.05) is 12.6 Å². The first-order chi connectivity index (χ1) is 9.15. The van der Waals surface area contributed by atoms with Crippen molar-refractivity contribution >= 4 is 0 Å². The van der Waals surface area contributed by atoms with Gasteiger partial charge in [0.2, 0.25) is 0 Å². The summed E-state index contributed by atoms with van der Waals surface area (Å²) in [7, 11) is 1.68. The Kier molecular flexibility index (Phi) is 6.87. The molecule has 5 heteroatoms. The lowest BCUT2D eigenvalue weighted by Crippen LogP contribution is -2.29. The predicted molar refractivity (Wildman–Crippen MR) is 76.7 cm³/mol. The first-order valence-corrected chi connectivity index (χ1v) is 7.08. The Balaban J connectivity index is 2.94. The van der Waals surface area contributed by atoms with Crippen molar-refractivity contribution in [3.05, 3.63) is 11.9 Å². The Morgan fingerprint density at radius 3 is 2.63 bits per heavy atom. The van der Waals surface area contributed by atoms with Gasteiger partial charge in [0.15, 0.2) is 5.75 Å². The molecule has 0 saturated heterocycles. The summed E-state index contributed by atoms with van der Waals surface area (Å²) in [5, 5.41) is 7.86. The van der Waals surface area contributed by atoms with Gasteiger partial charge in [-0.3, -0.25) is 4.68 Å². The minimum Gasteiger partial charge on any atom is -0.493 e. The number of methoxy groups -OCH3 is 1. The van der Waals surface area contributed by atoms with Crippen molar-refractivity contribution in [3.63, 3.8) is 0 Å². The number of nitrogens with one attached hydrogen (secondary N) is 1. The van der Waals surface area contributed by atoms with E-state index in [9.17, 15) is 0 Å². The molecule has 110 valence electrons. The average molecular weight is 269 g/mol. The van der Waals surface area contributed by atoms with E-state index in [4.69, 9.17) is 9.47 Å². The predicted octanol–water partition coefficient (Wildman–Crippen LogP) is 2.55. The minimum absolute atomic E-state index is 0.108. The summed E-state index contributed by atoms with van der Waals surface area (Å²) >= 11 is 0. The fraction of sp³-hybridized carbons (Fsp3) is 0.786. The third kappa shape index (κ3) is 4.21. The third-order valence-corrected chi connectivity index (χ3v) is 2.92. The Labute approximate surface area is 116 Å². The highest BCUT2D eigenvalue weighted by atomic mass is 16.5. The minimum atomic E-state index is 0.108. The van der Waals surface area contributed by atoms with Crippen LogP contribution >= 0.6 is 0 Å². The van der Waals surface area contributed by atoms with Gasteiger partial charge in [-0.2, -0.15) is 5.10 Å². The molecule has 1 atom stereocenters. The standard InChI is InChI=1S/C14H27N3O2/c1-6-8-19-10-12(15-7-2)14-13(18-5)9-16-17(14)11(3)4/h9,11-12,15H,6-8,10H2,1-5H3. The highest BCUT2D eigenvalue weighted by Gasteiger charge is 2.22. The lowest BCUT2D eigenvalue weighted by atomic mass is 10.2. The van der Waals surface area contributed by atoms with E-state index in [0.29, 0.717) is 12.6 Å². The van der Waals surface area contributed by atoms with E-state index in [0.717, 1.165) is 31.0 Å². The van der Waals surface area contributed by atoms with Gasteiger partial charge in [-0.1, -0.05) is 13.8 Å². The van der Waals surface area contributed by atoms with Gasteiger partial charge in [0.25, 0.3) is 0 Å². The molecule has 0 aromatic carbocycles. The summed E-state index contributed by atoms with van der Waals surface area (Å²) in [6.45, 7) is 10.7. The summed E-state index contributed by atoms with van der Waals surface area (Å²) in [6, 6.07) is 0.405. The molecule has 0 fully saturated rings. The summed E-state index contributed by atoms with van der Waals surface area (Å²) in [4.78, 5) is 0. The fourth-order valence-electron chi connectivity index (χ4n) is 2.08. The van der Waals surface area contributed by atoms with Gasteiger partial charge in [0.1, 0.15) is 0 Å². The normalized spacial score (nSPS) is 12.9. The van der Waals surface area contributed by atoms with Crippen molar-refractivity contribution in [1.82, 2.24) is 15.1 Å². The van der Waals surface area contributed by atoms with Crippen LogP contribution in [-0.4, -0.2) is 36.6 Å². The SMILES string of the molecule is CCCOCC(NCC)c1c(OC)cnn1C(C)C. The molecule has 0 aliphatic rings. The molecule has 0 aliphatic carbocycles. The molecule has 1 heterocycles. The first-order valence-electron chi connectivity index (χ1n) is 7.08. The maximum atomic E-state index is 5.70. The van der Waals surface area contributed by atoms with Gasteiger partial charge in [0.05, 0.1) is 31.6 Å². The van der Waals surface area contributed by atoms with E-state index in [-0.39, 0.29) is 6.04 Å². The van der Waals surface area contributed by atoms with Crippen LogP contribution in [0.2, 0.25) is 0 Å². The maximum absolute atomic E-state index is 5.70. The summed E-state index contributed by atoms with van der Waals surface area (Å²) < 4.78 is 13.1. The topological polar surface area (TPSA) is 48.3 Å². The van der Waals surface area contributed by atoms with Crippen molar-refractivity contribution < 1.29 is 9.47 Å². The van der Waals surface area contributed by atoms with E-state index in [1.165, 1.54) is 0 Å². The van der Waals surface area contributed by atoms with Gasteiger partial charge in [-0.15, -0.1) is 0 Å². The number of likely N-dealkylation sites (N-methyl/N-ethyl adjacent to an activating group) is 1. The largest absolute Gasteiger partial charge is 0.493 e. The van der Waals surface area contributed by atoms with Crippen LogP contribution in [0.5, 0.6) is 5.75 Å². The van der Waals surface area contributed by atoms with Gasteiger partial charge >= 0.3 is 0 Å². The number of nitrogens with zero attached hydrogens (tertiary/aromatic N) is 2. The van der Waals surface area contributed by atoms with Crippen molar-refractivity contribution in [2.45, 2.75) is 46.2 Å². The molecule has 0 radical (unpaired) electrons. The smallest absolute Gasteiger partial charge is 0.161 e. The molecule has 5 nitrogen and oxygen atoms in total. The quantitative estimate of drug-likeness (QED) is 0.700. The average Bonchev–Trinajstić information content (AvgIpc) is 2.81. The molecule has 19 heavy (non-hydrogen) atoms. The second-order valence-electron chi connectivity index (χ2n) is 4.82. The number of hydrogen-bond donors (Lipinski definition) is 1. The van der Waals surface area contributed by atoms with E-state index < -0.39 is 0 Å². The van der Waals surface area contributed by atoms with Crippen LogP contribution < -0.4 is 10.1 Å². The van der Waals surface area contributed by atoms with Crippen LogP contribution in [0.25, 0.3) is 0 Å². The number of ether oxygens (including phenoxy) is 2. The Bertz CT molecular complexity index is 364. The second kappa shape index (κ2) is 8.17. The van der Waals surface area contributed by atoms with Gasteiger partial charge < -0.3 is 14.8 Å². The molecule has 1 N–H and O–H groups in total. The molecule has 1 aromatic heterocycles. The number of hydrogen-bond acceptors (Lipinski definition) is 4. The van der Waals surface area contributed by atoms with Crippen LogP contribution in [0, 0.1) is 0 Å². The summed E-state index contributed by atoms with van der Waals surface area (Å²) in [5.74, 6) is 0.819. The highest BCUT2D eigenvalue weighted by Crippen LogP contribution is 2.27. The molecule has 0 saturated carbocycles. The molecular weight excluding hydrogens is 242 g/mol. The molecule has 0 aliphatic heterocycles. The monoisotopic (exact) mass is 269 g/mol. The van der Waals surface area contributed by atoms with E-state index >= 15 is 0 Å². The zero-order chi connectivity index (χ0) is 14.3. The lowest BCUT2D eigenvalue weighted by molar-refractivity contribution is 0.108. The number of aromatic nitrogens is 2. The van der Waals surface area contributed by atoms with E-state index in [1.807, 2.05) is 4.68 Å². The van der Waals surface area contributed by atoms with Crippen LogP contribution in [0.1, 0.15) is 51.9 Å². The van der Waals surface area contributed by atoms with E-state index in [2.05, 4.69) is 38.1 Å². The van der Waals surface area contributed by atoms with Crippen LogP contribution in [-0.2, 0) is 4.74 Å². The zero-order valence-corrected chi connectivity index (χ0v) is 12.8. The summed E-state index contributed by atoms with van der Waals surface area (Å²) in [6.07, 6.45) is 2.80. The van der Waals surface area contributed by atoms with Crippen molar-refractivity contribution in [2.24, 2.45) is 0 Å². The molecule has 0 amide bonds. The Morgan fingerprint density at radius 2 is 2.11 bits per heavy atom. The zero-order valence-electron chi connectivity index (χ0n) is 12.8. The highest BCUT2D eigenvalue weighted by molar-refractivity contribution is 5.29. The fourth-order valence-corrected chi connectivity index (χ4v) is 2.08. The van der Waals surface area contributed by atoms with Gasteiger partial charge in [-0.05, 0) is 26.8 Å². The van der Waals surface area contributed by atoms with Crippen molar-refractivity contribution in [2.75, 3.05) is 26.9 Å². The van der Waals surface area contributed by atoms with Crippen LogP contribution in [0.15, 0.2) is 6.20 Å². The Morgan fingerprint density at radius 1 is 1.37 bits per heavy atom. The second-order valence-corrected chi connectivity index (χ2v) is 4.82. The van der Waals surface area contributed by atoms with Crippen LogP contribution in [0.3, 0.4) is 0 Å². The third-order valence-electron chi connectivity index (χ3n) is 2.92. The van der Waals surface area contributed by atoms with Gasteiger partial charge in [-0.25, -0.2) is 0 Å². The molecular formula is C14H27N3O2. The molecule has 1 rings (SSSR count). The lowest BCUT2D eigenvalue weighted by Gasteiger charge is -2.22. The van der Waals surface area contributed by atoms with E-state index in [1.54, 1.807) is 13.3 Å². The van der Waals surface area contributed by atoms with Crippen LogP contribution in [0.4, 0.5) is 0 Å². The molecule has 0 bridgehead atoms. The summed E-state index contributed by atoms with van der Waals surface area (Å²) in [5.41, 5.74) is 1.07. The van der Waals surface area contributed by atoms with Crippen molar-refractivity contribution in [3.8, 4) is 5.75 Å². The Hall–Kier alpha value is -1.07. The molecule has 1 unspecified atom stereocenters. The molecule has 1 aromatic rings. The number of rotatable bonds is 9. The first kappa shape index (κ1) is 16.0.